The number of nitrogens with one attached hydrogen (secondary N) is 1. The van der Waals surface area contributed by atoms with Gasteiger partial charge < -0.3 is 5.11 Å². The van der Waals surface area contributed by atoms with Crippen LogP contribution in [0.1, 0.15) is 51.0 Å². The standard InChI is InChI=1S/C23H29NO6S2/c1-16(2)21-13-12-20(31(27,28)19-6-4-3-5-7-19)14-22(21)32(29,30)24-15-17-8-10-18(11-9-17)23(25)26/h3-7,12-14,16-18,24H,8-11,15H2,1-2H3,(H,25,26). The Bertz CT molecular complexity index is 1170. The molecule has 7 nitrogen and oxygen atoms in total. The van der Waals surface area contributed by atoms with Crippen LogP contribution < -0.4 is 4.72 Å². The zero-order chi connectivity index (χ0) is 23.5. The van der Waals surface area contributed by atoms with E-state index in [1.54, 1.807) is 24.3 Å². The molecule has 0 radical (unpaired) electrons. The number of carboxylic acids is 1. The highest BCUT2D eigenvalue weighted by Crippen LogP contribution is 2.31. The molecule has 32 heavy (non-hydrogen) atoms. The van der Waals surface area contributed by atoms with Gasteiger partial charge in [-0.15, -0.1) is 0 Å². The first-order valence-corrected chi connectivity index (χ1v) is 13.7. The fraction of sp³-hybridized carbons (Fsp3) is 0.435. The smallest absolute Gasteiger partial charge is 0.306 e. The van der Waals surface area contributed by atoms with Crippen LogP contribution in [0.5, 0.6) is 0 Å². The van der Waals surface area contributed by atoms with Gasteiger partial charge in [-0.2, -0.15) is 0 Å². The maximum atomic E-state index is 13.2. The van der Waals surface area contributed by atoms with Crippen molar-refractivity contribution in [1.82, 2.24) is 4.72 Å². The number of benzene rings is 2. The van der Waals surface area contributed by atoms with Gasteiger partial charge in [0.05, 0.1) is 20.6 Å². The van der Waals surface area contributed by atoms with E-state index in [0.717, 1.165) is 0 Å². The molecule has 0 bridgehead atoms. The normalized spacial score (nSPS) is 19.7. The number of hydrogen-bond acceptors (Lipinski definition) is 5. The average molecular weight is 480 g/mol. The molecule has 1 fully saturated rings. The minimum Gasteiger partial charge on any atom is -0.481 e. The summed E-state index contributed by atoms with van der Waals surface area (Å²) < 4.78 is 55.1. The van der Waals surface area contributed by atoms with E-state index in [1.165, 1.54) is 24.3 Å². The first kappa shape index (κ1) is 24.4. The lowest BCUT2D eigenvalue weighted by Gasteiger charge is -2.26. The summed E-state index contributed by atoms with van der Waals surface area (Å²) in [5.41, 5.74) is 0.541. The number of hydrogen-bond donors (Lipinski definition) is 2. The fourth-order valence-electron chi connectivity index (χ4n) is 4.05. The Kier molecular flexibility index (Phi) is 7.42. The van der Waals surface area contributed by atoms with Crippen LogP contribution in [0.25, 0.3) is 0 Å². The molecule has 0 aliphatic heterocycles. The summed E-state index contributed by atoms with van der Waals surface area (Å²) in [4.78, 5) is 11.1. The molecule has 0 heterocycles. The molecule has 2 aromatic carbocycles. The van der Waals surface area contributed by atoms with Crippen LogP contribution in [0.15, 0.2) is 63.2 Å². The van der Waals surface area contributed by atoms with Gasteiger partial charge in [-0.05, 0) is 67.3 Å². The first-order chi connectivity index (χ1) is 15.0. The lowest BCUT2D eigenvalue weighted by molar-refractivity contribution is -0.143. The number of aliphatic carboxylic acids is 1. The molecule has 0 amide bonds. The molecule has 3 rings (SSSR count). The quantitative estimate of drug-likeness (QED) is 0.594. The van der Waals surface area contributed by atoms with Gasteiger partial charge in [-0.3, -0.25) is 4.79 Å². The van der Waals surface area contributed by atoms with Crippen molar-refractivity contribution in [3.63, 3.8) is 0 Å². The summed E-state index contributed by atoms with van der Waals surface area (Å²) in [6, 6.07) is 12.2. The van der Waals surface area contributed by atoms with Crippen molar-refractivity contribution in [2.45, 2.75) is 60.1 Å². The van der Waals surface area contributed by atoms with Crippen molar-refractivity contribution in [3.05, 3.63) is 54.1 Å². The van der Waals surface area contributed by atoms with Crippen LogP contribution in [-0.2, 0) is 24.7 Å². The minimum atomic E-state index is -3.96. The van der Waals surface area contributed by atoms with E-state index < -0.39 is 25.8 Å². The van der Waals surface area contributed by atoms with Crippen LogP contribution in [0.4, 0.5) is 0 Å². The van der Waals surface area contributed by atoms with Gasteiger partial charge in [-0.1, -0.05) is 38.1 Å². The molecule has 9 heteroatoms. The number of carbonyl (C=O) groups is 1. The van der Waals surface area contributed by atoms with Gasteiger partial charge in [0.15, 0.2) is 0 Å². The third-order valence-electron chi connectivity index (χ3n) is 6.02. The van der Waals surface area contributed by atoms with Crippen LogP contribution in [0.2, 0.25) is 0 Å². The van der Waals surface area contributed by atoms with Gasteiger partial charge in [0.25, 0.3) is 0 Å². The van der Waals surface area contributed by atoms with E-state index in [9.17, 15) is 21.6 Å². The third-order valence-corrected chi connectivity index (χ3v) is 9.26. The molecular weight excluding hydrogens is 450 g/mol. The van der Waals surface area contributed by atoms with Crippen molar-refractivity contribution in [2.24, 2.45) is 11.8 Å². The van der Waals surface area contributed by atoms with Crippen molar-refractivity contribution < 1.29 is 26.7 Å². The molecule has 1 aliphatic carbocycles. The molecular formula is C23H29NO6S2. The maximum absolute atomic E-state index is 13.2. The average Bonchev–Trinajstić information content (AvgIpc) is 2.78. The molecule has 0 spiro atoms. The van der Waals surface area contributed by atoms with Gasteiger partial charge in [0.1, 0.15) is 0 Å². The zero-order valence-corrected chi connectivity index (χ0v) is 19.8. The highest BCUT2D eigenvalue weighted by atomic mass is 32.2. The second kappa shape index (κ2) is 9.72. The highest BCUT2D eigenvalue weighted by Gasteiger charge is 2.29. The van der Waals surface area contributed by atoms with Crippen molar-refractivity contribution in [2.75, 3.05) is 6.54 Å². The van der Waals surface area contributed by atoms with Gasteiger partial charge in [0.2, 0.25) is 19.9 Å². The summed E-state index contributed by atoms with van der Waals surface area (Å²) in [7, 11) is -7.82. The number of carboxylic acid groups (broad SMARTS) is 1. The Balaban J connectivity index is 1.86. The largest absolute Gasteiger partial charge is 0.481 e. The van der Waals surface area contributed by atoms with Crippen molar-refractivity contribution >= 4 is 25.8 Å². The minimum absolute atomic E-state index is 0.0382. The van der Waals surface area contributed by atoms with E-state index in [1.807, 2.05) is 13.8 Å². The van der Waals surface area contributed by atoms with Crippen molar-refractivity contribution in [1.29, 1.82) is 0 Å². The monoisotopic (exact) mass is 479 g/mol. The van der Waals surface area contributed by atoms with Crippen LogP contribution in [0, 0.1) is 11.8 Å². The Labute approximate surface area is 189 Å². The van der Waals surface area contributed by atoms with Crippen LogP contribution in [-0.4, -0.2) is 34.5 Å². The lowest BCUT2D eigenvalue weighted by atomic mass is 9.82. The van der Waals surface area contributed by atoms with Gasteiger partial charge >= 0.3 is 5.97 Å². The summed E-state index contributed by atoms with van der Waals surface area (Å²) in [6.45, 7) is 3.90. The number of sulfone groups is 1. The lowest BCUT2D eigenvalue weighted by Crippen LogP contribution is -2.33. The maximum Gasteiger partial charge on any atom is 0.306 e. The first-order valence-electron chi connectivity index (χ1n) is 10.7. The Morgan fingerprint density at radius 2 is 1.59 bits per heavy atom. The molecule has 2 aromatic rings. The SMILES string of the molecule is CC(C)c1ccc(S(=O)(=O)c2ccccc2)cc1S(=O)(=O)NCC1CCC(C(=O)O)CC1. The Morgan fingerprint density at radius 3 is 2.16 bits per heavy atom. The van der Waals surface area contributed by atoms with Gasteiger partial charge in [-0.25, -0.2) is 21.6 Å². The van der Waals surface area contributed by atoms with Crippen LogP contribution >= 0.6 is 0 Å². The van der Waals surface area contributed by atoms with E-state index in [-0.39, 0.29) is 39.0 Å². The summed E-state index contributed by atoms with van der Waals surface area (Å²) in [5.74, 6) is -1.24. The summed E-state index contributed by atoms with van der Waals surface area (Å²) in [6.07, 6.45) is 2.34. The fourth-order valence-corrected chi connectivity index (χ4v) is 6.94. The second-order valence-corrected chi connectivity index (χ2v) is 12.3. The number of sulfonamides is 1. The second-order valence-electron chi connectivity index (χ2n) is 8.58. The predicted molar refractivity (Wildman–Crippen MR) is 121 cm³/mol. The molecule has 0 aromatic heterocycles. The molecule has 2 N–H and O–H groups in total. The molecule has 1 saturated carbocycles. The summed E-state index contributed by atoms with van der Waals surface area (Å²) in [5, 5.41) is 9.13. The highest BCUT2D eigenvalue weighted by molar-refractivity contribution is 7.91. The number of rotatable bonds is 8. The van der Waals surface area contributed by atoms with Crippen LogP contribution in [0.3, 0.4) is 0 Å². The molecule has 174 valence electrons. The Morgan fingerprint density at radius 1 is 0.969 bits per heavy atom. The van der Waals surface area contributed by atoms with E-state index in [2.05, 4.69) is 4.72 Å². The molecule has 0 atom stereocenters. The topological polar surface area (TPSA) is 118 Å². The van der Waals surface area contributed by atoms with Crippen molar-refractivity contribution in [3.8, 4) is 0 Å². The molecule has 0 unspecified atom stereocenters. The summed E-state index contributed by atoms with van der Waals surface area (Å²) >= 11 is 0. The molecule has 1 aliphatic rings. The Hall–Kier alpha value is -2.23. The molecule has 0 saturated heterocycles. The van der Waals surface area contributed by atoms with E-state index in [0.29, 0.717) is 31.2 Å². The predicted octanol–water partition coefficient (Wildman–Crippen LogP) is 3.81. The van der Waals surface area contributed by atoms with Gasteiger partial charge in [0, 0.05) is 6.54 Å². The zero-order valence-electron chi connectivity index (χ0n) is 18.2. The van der Waals surface area contributed by atoms with E-state index in [4.69, 9.17) is 5.11 Å². The third kappa shape index (κ3) is 5.39. The van der Waals surface area contributed by atoms with E-state index >= 15 is 0 Å².